The number of likely N-dealkylation sites (N-methyl/N-ethyl adjacent to an activating group) is 1. The molecule has 0 aromatic heterocycles. The summed E-state index contributed by atoms with van der Waals surface area (Å²) < 4.78 is 39.7. The maximum Gasteiger partial charge on any atom is 0.242 e. The monoisotopic (exact) mass is 531 g/mol. The molecule has 0 saturated carbocycles. The largest absolute Gasteiger partial charge is 0.357 e. The van der Waals surface area contributed by atoms with Gasteiger partial charge in [0.25, 0.3) is 0 Å². The lowest BCUT2D eigenvalue weighted by Crippen LogP contribution is -2.48. The van der Waals surface area contributed by atoms with Gasteiger partial charge in [0.15, 0.2) is 0 Å². The number of amides is 2. The Morgan fingerprint density at radius 1 is 1.15 bits per heavy atom. The number of nitrogens with zero attached hydrogens (tertiary/aromatic N) is 2. The van der Waals surface area contributed by atoms with Gasteiger partial charge in [-0.05, 0) is 42.7 Å². The first-order chi connectivity index (χ1) is 16.0. The summed E-state index contributed by atoms with van der Waals surface area (Å²) in [7, 11) is -2.29. The molecule has 7 nitrogen and oxygen atoms in total. The number of carbonyl (C=O) groups is 2. The molecule has 2 aromatic rings. The molecule has 1 atom stereocenters. The second kappa shape index (κ2) is 12.4. The fourth-order valence-electron chi connectivity index (χ4n) is 3.56. The van der Waals surface area contributed by atoms with Gasteiger partial charge in [0.1, 0.15) is 11.9 Å². The SMILES string of the molecule is CC[C@H](C(=O)NC)N(Cc1ccc(Cl)cc1Cl)C(=O)CCCN(c1ccccc1F)S(C)(=O)=O. The van der Waals surface area contributed by atoms with Crippen molar-refractivity contribution in [3.05, 3.63) is 63.9 Å². The van der Waals surface area contributed by atoms with Gasteiger partial charge in [-0.15, -0.1) is 0 Å². The highest BCUT2D eigenvalue weighted by molar-refractivity contribution is 7.92. The average molecular weight is 532 g/mol. The Morgan fingerprint density at radius 3 is 2.38 bits per heavy atom. The van der Waals surface area contributed by atoms with Crippen LogP contribution in [-0.2, 0) is 26.2 Å². The summed E-state index contributed by atoms with van der Waals surface area (Å²) in [5.74, 6) is -1.36. The van der Waals surface area contributed by atoms with Gasteiger partial charge in [-0.3, -0.25) is 13.9 Å². The number of benzene rings is 2. The Kier molecular flexibility index (Phi) is 10.1. The maximum atomic E-state index is 14.2. The highest BCUT2D eigenvalue weighted by Gasteiger charge is 2.29. The number of hydrogen-bond acceptors (Lipinski definition) is 4. The summed E-state index contributed by atoms with van der Waals surface area (Å²) in [6.07, 6.45) is 1.41. The molecular weight excluding hydrogens is 504 g/mol. The van der Waals surface area contributed by atoms with Crippen LogP contribution >= 0.6 is 23.2 Å². The van der Waals surface area contributed by atoms with Gasteiger partial charge in [-0.25, -0.2) is 12.8 Å². The van der Waals surface area contributed by atoms with E-state index in [0.29, 0.717) is 22.0 Å². The minimum absolute atomic E-state index is 0.0564. The lowest BCUT2D eigenvalue weighted by atomic mass is 10.1. The average Bonchev–Trinajstić information content (AvgIpc) is 2.77. The summed E-state index contributed by atoms with van der Waals surface area (Å²) >= 11 is 12.3. The summed E-state index contributed by atoms with van der Waals surface area (Å²) in [5, 5.41) is 3.37. The molecule has 0 radical (unpaired) electrons. The molecule has 0 aliphatic carbocycles. The molecule has 0 unspecified atom stereocenters. The van der Waals surface area contributed by atoms with Gasteiger partial charge in [0, 0.05) is 36.6 Å². The molecule has 11 heteroatoms. The standard InChI is InChI=1S/C23H28Cl2FN3O4S/c1-4-20(23(31)27-2)28(15-16-11-12-17(24)14-18(16)25)22(30)10-7-13-29(34(3,32)33)21-9-6-5-8-19(21)26/h5-6,8-9,11-12,14,20H,4,7,10,13,15H2,1-3H3,(H,27,31)/t20-/m1/s1. The molecule has 2 rings (SSSR count). The smallest absolute Gasteiger partial charge is 0.242 e. The van der Waals surface area contributed by atoms with Crippen molar-refractivity contribution in [3.8, 4) is 0 Å². The van der Waals surface area contributed by atoms with Gasteiger partial charge in [0.05, 0.1) is 11.9 Å². The van der Waals surface area contributed by atoms with Crippen molar-refractivity contribution in [3.63, 3.8) is 0 Å². The Labute approximate surface area is 209 Å². The number of carbonyl (C=O) groups excluding carboxylic acids is 2. The van der Waals surface area contributed by atoms with E-state index in [9.17, 15) is 22.4 Å². The number of hydrogen-bond donors (Lipinski definition) is 1. The van der Waals surface area contributed by atoms with Crippen LogP contribution < -0.4 is 9.62 Å². The minimum Gasteiger partial charge on any atom is -0.357 e. The quantitative estimate of drug-likeness (QED) is 0.469. The van der Waals surface area contributed by atoms with Crippen molar-refractivity contribution >= 4 is 50.7 Å². The van der Waals surface area contributed by atoms with E-state index < -0.39 is 21.9 Å². The van der Waals surface area contributed by atoms with E-state index in [2.05, 4.69) is 5.32 Å². The third kappa shape index (κ3) is 7.32. The molecule has 2 aromatic carbocycles. The highest BCUT2D eigenvalue weighted by atomic mass is 35.5. The summed E-state index contributed by atoms with van der Waals surface area (Å²) in [5.41, 5.74) is 0.532. The topological polar surface area (TPSA) is 86.8 Å². The van der Waals surface area contributed by atoms with Crippen LogP contribution in [0.2, 0.25) is 10.0 Å². The van der Waals surface area contributed by atoms with Crippen molar-refractivity contribution in [2.75, 3.05) is 24.2 Å². The van der Waals surface area contributed by atoms with E-state index in [-0.39, 0.29) is 43.4 Å². The zero-order valence-electron chi connectivity index (χ0n) is 19.2. The molecule has 0 aliphatic heterocycles. The van der Waals surface area contributed by atoms with Crippen molar-refractivity contribution in [1.82, 2.24) is 10.2 Å². The molecule has 186 valence electrons. The van der Waals surface area contributed by atoms with Crippen LogP contribution in [-0.4, -0.2) is 51.0 Å². The molecule has 0 heterocycles. The number of para-hydroxylation sites is 1. The first-order valence-corrected chi connectivity index (χ1v) is 13.3. The molecule has 0 spiro atoms. The minimum atomic E-state index is -3.78. The van der Waals surface area contributed by atoms with Gasteiger partial charge < -0.3 is 10.2 Å². The highest BCUT2D eigenvalue weighted by Crippen LogP contribution is 2.25. The van der Waals surface area contributed by atoms with Gasteiger partial charge in [0.2, 0.25) is 21.8 Å². The van der Waals surface area contributed by atoms with Crippen molar-refractivity contribution in [2.45, 2.75) is 38.8 Å². The van der Waals surface area contributed by atoms with Crippen LogP contribution in [0, 0.1) is 5.82 Å². The first kappa shape index (κ1) is 27.9. The van der Waals surface area contributed by atoms with E-state index in [0.717, 1.165) is 10.6 Å². The molecule has 2 amide bonds. The van der Waals surface area contributed by atoms with Crippen LogP contribution in [0.15, 0.2) is 42.5 Å². The molecule has 1 N–H and O–H groups in total. The van der Waals surface area contributed by atoms with Gasteiger partial charge in [-0.2, -0.15) is 0 Å². The lowest BCUT2D eigenvalue weighted by Gasteiger charge is -2.31. The molecule has 0 saturated heterocycles. The van der Waals surface area contributed by atoms with Crippen LogP contribution in [0.4, 0.5) is 10.1 Å². The molecule has 0 fully saturated rings. The molecular formula is C23H28Cl2FN3O4S. The van der Waals surface area contributed by atoms with Crippen LogP contribution in [0.5, 0.6) is 0 Å². The summed E-state index contributed by atoms with van der Waals surface area (Å²) in [4.78, 5) is 27.1. The van der Waals surface area contributed by atoms with E-state index in [1.54, 1.807) is 25.1 Å². The predicted octanol–water partition coefficient (Wildman–Crippen LogP) is 4.23. The number of halogens is 3. The maximum absolute atomic E-state index is 14.2. The molecule has 0 aliphatic rings. The predicted molar refractivity (Wildman–Crippen MR) is 133 cm³/mol. The number of rotatable bonds is 11. The van der Waals surface area contributed by atoms with Crippen LogP contribution in [0.3, 0.4) is 0 Å². The Balaban J connectivity index is 2.23. The summed E-state index contributed by atoms with van der Waals surface area (Å²) in [6.45, 7) is 1.76. The zero-order valence-corrected chi connectivity index (χ0v) is 21.6. The van der Waals surface area contributed by atoms with Crippen molar-refractivity contribution in [1.29, 1.82) is 0 Å². The summed E-state index contributed by atoms with van der Waals surface area (Å²) in [6, 6.07) is 9.68. The Morgan fingerprint density at radius 2 is 1.82 bits per heavy atom. The second-order valence-corrected chi connectivity index (χ2v) is 10.4. The fourth-order valence-corrected chi connectivity index (χ4v) is 4.99. The third-order valence-corrected chi connectivity index (χ3v) is 7.03. The number of nitrogens with one attached hydrogen (secondary N) is 1. The van der Waals surface area contributed by atoms with Gasteiger partial charge in [-0.1, -0.05) is 48.3 Å². The second-order valence-electron chi connectivity index (χ2n) is 7.69. The van der Waals surface area contributed by atoms with E-state index in [1.807, 2.05) is 0 Å². The number of anilines is 1. The van der Waals surface area contributed by atoms with E-state index in [4.69, 9.17) is 23.2 Å². The number of sulfonamides is 1. The van der Waals surface area contributed by atoms with Crippen molar-refractivity contribution in [2.24, 2.45) is 0 Å². The van der Waals surface area contributed by atoms with Crippen LogP contribution in [0.25, 0.3) is 0 Å². The lowest BCUT2D eigenvalue weighted by molar-refractivity contribution is -0.141. The fraction of sp³-hybridized carbons (Fsp3) is 0.391. The van der Waals surface area contributed by atoms with E-state index in [1.165, 1.54) is 36.2 Å². The molecule has 34 heavy (non-hydrogen) atoms. The first-order valence-electron chi connectivity index (χ1n) is 10.7. The van der Waals surface area contributed by atoms with E-state index >= 15 is 0 Å². The normalized spacial score (nSPS) is 12.2. The van der Waals surface area contributed by atoms with Crippen molar-refractivity contribution < 1.29 is 22.4 Å². The zero-order chi connectivity index (χ0) is 25.5. The van der Waals surface area contributed by atoms with Gasteiger partial charge >= 0.3 is 0 Å². The van der Waals surface area contributed by atoms with Crippen LogP contribution in [0.1, 0.15) is 31.7 Å². The molecule has 0 bridgehead atoms. The third-order valence-electron chi connectivity index (χ3n) is 5.26. The Hall–Kier alpha value is -2.36. The Bertz CT molecular complexity index is 1130.